The number of piperidine rings is 1. The van der Waals surface area contributed by atoms with Crippen LogP contribution >= 0.6 is 0 Å². The fraction of sp³-hybridized carbons (Fsp3) is 0.367. The SMILES string of the molecule is CCOC1CCN(CCc2nc(Nc3ccc(C(F)(F)F)cc3)c3ccc(-c4ncccc4C(F)(F)F)cc3n2)CC1. The van der Waals surface area contributed by atoms with E-state index < -0.39 is 23.5 Å². The van der Waals surface area contributed by atoms with Crippen LogP contribution in [0.4, 0.5) is 37.8 Å². The third-order valence-electron chi connectivity index (χ3n) is 7.19. The number of pyridine rings is 1. The molecule has 2 aromatic heterocycles. The molecule has 222 valence electrons. The van der Waals surface area contributed by atoms with Crippen molar-refractivity contribution in [2.24, 2.45) is 0 Å². The first kappa shape index (κ1) is 29.7. The Morgan fingerprint density at radius 2 is 1.67 bits per heavy atom. The Morgan fingerprint density at radius 1 is 0.929 bits per heavy atom. The van der Waals surface area contributed by atoms with Gasteiger partial charge in [-0.25, -0.2) is 9.97 Å². The van der Waals surface area contributed by atoms with Crippen molar-refractivity contribution >= 4 is 22.4 Å². The molecular weight excluding hydrogens is 560 g/mol. The fourth-order valence-electron chi connectivity index (χ4n) is 5.07. The molecule has 1 aliphatic heterocycles. The summed E-state index contributed by atoms with van der Waals surface area (Å²) in [6.07, 6.45) is -5.22. The molecule has 0 saturated carbocycles. The second kappa shape index (κ2) is 12.2. The van der Waals surface area contributed by atoms with Gasteiger partial charge in [0.2, 0.25) is 0 Å². The molecule has 1 fully saturated rings. The number of hydrogen-bond donors (Lipinski definition) is 1. The first-order chi connectivity index (χ1) is 20.0. The molecule has 4 aromatic rings. The minimum absolute atomic E-state index is 0.221. The summed E-state index contributed by atoms with van der Waals surface area (Å²) in [5.74, 6) is 0.798. The third kappa shape index (κ3) is 6.99. The second-order valence-corrected chi connectivity index (χ2v) is 10.1. The molecule has 42 heavy (non-hydrogen) atoms. The summed E-state index contributed by atoms with van der Waals surface area (Å²) in [5, 5.41) is 3.58. The Morgan fingerprint density at radius 3 is 2.33 bits per heavy atom. The predicted molar refractivity (Wildman–Crippen MR) is 147 cm³/mol. The number of fused-ring (bicyclic) bond motifs is 1. The topological polar surface area (TPSA) is 63.2 Å². The van der Waals surface area contributed by atoms with E-state index in [4.69, 9.17) is 4.74 Å². The molecule has 0 amide bonds. The van der Waals surface area contributed by atoms with E-state index in [2.05, 4.69) is 25.2 Å². The number of alkyl halides is 6. The Kier molecular flexibility index (Phi) is 8.65. The van der Waals surface area contributed by atoms with Gasteiger partial charge in [0, 0.05) is 55.5 Å². The number of benzene rings is 2. The number of ether oxygens (including phenoxy) is 1. The molecule has 1 saturated heterocycles. The molecule has 5 rings (SSSR count). The van der Waals surface area contributed by atoms with Crippen LogP contribution in [0.3, 0.4) is 0 Å². The Balaban J connectivity index is 1.47. The zero-order valence-corrected chi connectivity index (χ0v) is 22.8. The first-order valence-corrected chi connectivity index (χ1v) is 13.6. The standard InChI is InChI=1S/C30H29F6N5O/c1-2-42-22-11-15-41(16-12-22)17-13-26-39-25-18-19(27-24(30(34,35)36)4-3-14-37-27)5-10-23(25)28(40-26)38-21-8-6-20(7-9-21)29(31,32)33/h3-10,14,18,22H,2,11-13,15-17H2,1H3,(H,38,39,40). The molecule has 0 unspecified atom stereocenters. The summed E-state index contributed by atoms with van der Waals surface area (Å²) < 4.78 is 86.0. The lowest BCUT2D eigenvalue weighted by Gasteiger charge is -2.31. The maximum absolute atomic E-state index is 13.7. The quantitative estimate of drug-likeness (QED) is 0.215. The summed E-state index contributed by atoms with van der Waals surface area (Å²) in [4.78, 5) is 15.6. The van der Waals surface area contributed by atoms with Crippen molar-refractivity contribution < 1.29 is 31.1 Å². The summed E-state index contributed by atoms with van der Waals surface area (Å²) in [6.45, 7) is 5.04. The molecule has 3 heterocycles. The van der Waals surface area contributed by atoms with E-state index in [1.165, 1.54) is 36.5 Å². The molecule has 12 heteroatoms. The van der Waals surface area contributed by atoms with Gasteiger partial charge in [0.15, 0.2) is 0 Å². The van der Waals surface area contributed by atoms with Gasteiger partial charge < -0.3 is 15.0 Å². The second-order valence-electron chi connectivity index (χ2n) is 10.1. The summed E-state index contributed by atoms with van der Waals surface area (Å²) >= 11 is 0. The summed E-state index contributed by atoms with van der Waals surface area (Å²) in [6, 6.07) is 11.4. The maximum atomic E-state index is 13.7. The number of nitrogens with one attached hydrogen (secondary N) is 1. The van der Waals surface area contributed by atoms with Crippen molar-refractivity contribution in [3.63, 3.8) is 0 Å². The molecule has 1 aliphatic rings. The summed E-state index contributed by atoms with van der Waals surface area (Å²) in [5.41, 5.74) is -0.868. The Labute approximate surface area is 238 Å². The number of rotatable bonds is 8. The largest absolute Gasteiger partial charge is 0.418 e. The molecule has 6 nitrogen and oxygen atoms in total. The molecule has 0 atom stereocenters. The number of aromatic nitrogens is 3. The molecule has 0 bridgehead atoms. The number of nitrogens with zero attached hydrogens (tertiary/aromatic N) is 4. The number of anilines is 2. The van der Waals surface area contributed by atoms with Crippen molar-refractivity contribution in [2.45, 2.75) is 44.6 Å². The molecule has 2 aromatic carbocycles. The number of likely N-dealkylation sites (tertiary alicyclic amines) is 1. The van der Waals surface area contributed by atoms with Gasteiger partial charge in [-0.3, -0.25) is 4.98 Å². The molecular formula is C30H29F6N5O. The average molecular weight is 590 g/mol. The van der Waals surface area contributed by atoms with Gasteiger partial charge in [-0.1, -0.05) is 6.07 Å². The van der Waals surface area contributed by atoms with Crippen LogP contribution in [0.25, 0.3) is 22.2 Å². The smallest absolute Gasteiger partial charge is 0.378 e. The van der Waals surface area contributed by atoms with Crippen molar-refractivity contribution in [3.8, 4) is 11.3 Å². The van der Waals surface area contributed by atoms with Crippen LogP contribution in [-0.4, -0.2) is 52.2 Å². The van der Waals surface area contributed by atoms with Gasteiger partial charge in [0.25, 0.3) is 0 Å². The van der Waals surface area contributed by atoms with Gasteiger partial charge in [-0.2, -0.15) is 26.3 Å². The van der Waals surface area contributed by atoms with Gasteiger partial charge in [0.05, 0.1) is 28.4 Å². The van der Waals surface area contributed by atoms with E-state index >= 15 is 0 Å². The highest BCUT2D eigenvalue weighted by molar-refractivity contribution is 5.93. The van der Waals surface area contributed by atoms with Crippen LogP contribution in [0.5, 0.6) is 0 Å². The first-order valence-electron chi connectivity index (χ1n) is 13.6. The summed E-state index contributed by atoms with van der Waals surface area (Å²) in [7, 11) is 0. The van der Waals surface area contributed by atoms with Crippen LogP contribution < -0.4 is 5.32 Å². The highest BCUT2D eigenvalue weighted by Crippen LogP contribution is 2.37. The highest BCUT2D eigenvalue weighted by Gasteiger charge is 2.34. The van der Waals surface area contributed by atoms with Gasteiger partial charge in [-0.15, -0.1) is 0 Å². The van der Waals surface area contributed by atoms with Crippen molar-refractivity contribution in [1.82, 2.24) is 19.9 Å². The lowest BCUT2D eigenvalue weighted by molar-refractivity contribution is -0.138. The molecule has 0 spiro atoms. The lowest BCUT2D eigenvalue weighted by atomic mass is 10.0. The van der Waals surface area contributed by atoms with E-state index in [1.54, 1.807) is 6.07 Å². The van der Waals surface area contributed by atoms with E-state index in [1.807, 2.05) is 6.92 Å². The van der Waals surface area contributed by atoms with E-state index in [9.17, 15) is 26.3 Å². The van der Waals surface area contributed by atoms with Crippen LogP contribution in [-0.2, 0) is 23.5 Å². The van der Waals surface area contributed by atoms with Crippen molar-refractivity contribution in [2.75, 3.05) is 31.6 Å². The average Bonchev–Trinajstić information content (AvgIpc) is 2.96. The fourth-order valence-corrected chi connectivity index (χ4v) is 5.07. The lowest BCUT2D eigenvalue weighted by Crippen LogP contribution is -2.38. The Hall–Kier alpha value is -3.77. The minimum Gasteiger partial charge on any atom is -0.378 e. The Bertz CT molecular complexity index is 1520. The zero-order chi connectivity index (χ0) is 29.9. The van der Waals surface area contributed by atoms with E-state index in [-0.39, 0.29) is 17.4 Å². The van der Waals surface area contributed by atoms with Crippen molar-refractivity contribution in [3.05, 3.63) is 77.7 Å². The number of hydrogen-bond acceptors (Lipinski definition) is 6. The van der Waals surface area contributed by atoms with E-state index in [0.29, 0.717) is 47.8 Å². The van der Waals surface area contributed by atoms with Crippen LogP contribution in [0.2, 0.25) is 0 Å². The zero-order valence-electron chi connectivity index (χ0n) is 22.8. The van der Waals surface area contributed by atoms with Gasteiger partial charge in [-0.05, 0) is 68.3 Å². The van der Waals surface area contributed by atoms with Gasteiger partial charge in [0.1, 0.15) is 11.6 Å². The van der Waals surface area contributed by atoms with Gasteiger partial charge >= 0.3 is 12.4 Å². The molecule has 1 N–H and O–H groups in total. The monoisotopic (exact) mass is 589 g/mol. The normalized spacial score (nSPS) is 15.3. The van der Waals surface area contributed by atoms with Crippen LogP contribution in [0, 0.1) is 0 Å². The van der Waals surface area contributed by atoms with Crippen LogP contribution in [0.15, 0.2) is 60.8 Å². The highest BCUT2D eigenvalue weighted by atomic mass is 19.4. The maximum Gasteiger partial charge on any atom is 0.418 e. The third-order valence-corrected chi connectivity index (χ3v) is 7.19. The van der Waals surface area contributed by atoms with Crippen molar-refractivity contribution in [1.29, 1.82) is 0 Å². The molecule has 0 aliphatic carbocycles. The van der Waals surface area contributed by atoms with E-state index in [0.717, 1.165) is 44.1 Å². The molecule has 0 radical (unpaired) electrons. The van der Waals surface area contributed by atoms with Crippen LogP contribution in [0.1, 0.15) is 36.7 Å². The minimum atomic E-state index is -4.60. The number of halogens is 6. The predicted octanol–water partition coefficient (Wildman–Crippen LogP) is 7.52.